The monoisotopic (exact) mass is 355 g/mol. The molecule has 0 radical (unpaired) electrons. The molecule has 0 amide bonds. The molecule has 0 bridgehead atoms. The SMILES string of the molecule is CC(=O)c1ccc(Sc2cocc2C(O)=CC(=O)c2ncn[nH]2)cc1. The molecular weight excluding hydrogens is 342 g/mol. The van der Waals surface area contributed by atoms with Gasteiger partial charge in [-0.05, 0) is 19.1 Å². The molecule has 0 aliphatic heterocycles. The number of nitrogens with one attached hydrogen (secondary N) is 1. The number of rotatable bonds is 6. The van der Waals surface area contributed by atoms with Crippen LogP contribution in [-0.4, -0.2) is 31.9 Å². The molecule has 0 spiro atoms. The average molecular weight is 355 g/mol. The van der Waals surface area contributed by atoms with Gasteiger partial charge in [0, 0.05) is 16.5 Å². The molecule has 8 heteroatoms. The summed E-state index contributed by atoms with van der Waals surface area (Å²) in [6.45, 7) is 1.50. The second-order valence-corrected chi connectivity index (χ2v) is 6.18. The van der Waals surface area contributed by atoms with Gasteiger partial charge in [-0.1, -0.05) is 23.9 Å². The summed E-state index contributed by atoms with van der Waals surface area (Å²) in [7, 11) is 0. The van der Waals surface area contributed by atoms with E-state index in [1.165, 1.54) is 37.5 Å². The number of aromatic nitrogens is 3. The number of aromatic amines is 1. The van der Waals surface area contributed by atoms with Crippen LogP contribution in [0.25, 0.3) is 5.76 Å². The van der Waals surface area contributed by atoms with Crippen molar-refractivity contribution < 1.29 is 19.1 Å². The molecule has 0 unspecified atom stereocenters. The predicted molar refractivity (Wildman–Crippen MR) is 90.6 cm³/mol. The van der Waals surface area contributed by atoms with Gasteiger partial charge in [0.1, 0.15) is 24.6 Å². The predicted octanol–water partition coefficient (Wildman–Crippen LogP) is 3.53. The molecule has 2 heterocycles. The highest BCUT2D eigenvalue weighted by atomic mass is 32.2. The Morgan fingerprint density at radius 2 is 2.00 bits per heavy atom. The number of Topliss-reactive ketones (excluding diaryl/α,β-unsaturated/α-hetero) is 1. The zero-order chi connectivity index (χ0) is 17.8. The van der Waals surface area contributed by atoms with Crippen LogP contribution in [0, 0.1) is 0 Å². The number of aliphatic hydroxyl groups excluding tert-OH is 1. The van der Waals surface area contributed by atoms with E-state index < -0.39 is 5.78 Å². The molecule has 0 aliphatic carbocycles. The lowest BCUT2D eigenvalue weighted by Gasteiger charge is -2.03. The number of allylic oxidation sites excluding steroid dienone is 1. The van der Waals surface area contributed by atoms with E-state index in [1.807, 2.05) is 0 Å². The average Bonchev–Trinajstić information content (AvgIpc) is 3.27. The molecule has 0 saturated heterocycles. The van der Waals surface area contributed by atoms with Crippen molar-refractivity contribution in [3.8, 4) is 0 Å². The van der Waals surface area contributed by atoms with Gasteiger partial charge in [0.15, 0.2) is 11.6 Å². The van der Waals surface area contributed by atoms with E-state index in [-0.39, 0.29) is 17.4 Å². The molecule has 0 aliphatic rings. The minimum Gasteiger partial charge on any atom is -0.507 e. The molecule has 0 saturated carbocycles. The standard InChI is InChI=1S/C17H13N3O4S/c1-10(21)11-2-4-12(5-3-11)25-16-8-24-7-13(16)14(22)6-15(23)17-18-9-19-20-17/h2-9,22H,1H3,(H,18,19,20). The fourth-order valence-electron chi connectivity index (χ4n) is 2.03. The van der Waals surface area contributed by atoms with Crippen LogP contribution in [0.1, 0.15) is 33.5 Å². The van der Waals surface area contributed by atoms with E-state index in [4.69, 9.17) is 4.42 Å². The van der Waals surface area contributed by atoms with Crippen LogP contribution in [0.2, 0.25) is 0 Å². The Labute approximate surface area is 146 Å². The fraction of sp³-hybridized carbons (Fsp3) is 0.0588. The van der Waals surface area contributed by atoms with E-state index >= 15 is 0 Å². The molecule has 0 atom stereocenters. The summed E-state index contributed by atoms with van der Waals surface area (Å²) >= 11 is 1.34. The van der Waals surface area contributed by atoms with E-state index in [0.717, 1.165) is 11.0 Å². The summed E-state index contributed by atoms with van der Waals surface area (Å²) in [6, 6.07) is 7.07. The highest BCUT2D eigenvalue weighted by Crippen LogP contribution is 2.34. The lowest BCUT2D eigenvalue weighted by molar-refractivity contribution is 0.101. The van der Waals surface area contributed by atoms with Gasteiger partial charge >= 0.3 is 0 Å². The van der Waals surface area contributed by atoms with E-state index in [0.29, 0.717) is 16.0 Å². The topological polar surface area (TPSA) is 109 Å². The van der Waals surface area contributed by atoms with Crippen LogP contribution in [0.5, 0.6) is 0 Å². The minimum absolute atomic E-state index is 0.00736. The lowest BCUT2D eigenvalue weighted by atomic mass is 10.2. The summed E-state index contributed by atoms with van der Waals surface area (Å²) in [4.78, 5) is 28.5. The van der Waals surface area contributed by atoms with Gasteiger partial charge in [0.2, 0.25) is 5.78 Å². The maximum atomic E-state index is 11.9. The number of hydrogen-bond donors (Lipinski definition) is 2. The smallest absolute Gasteiger partial charge is 0.226 e. The third-order valence-electron chi connectivity index (χ3n) is 3.31. The Hall–Kier alpha value is -3.13. The number of H-pyrrole nitrogens is 1. The molecule has 0 fully saturated rings. The second kappa shape index (κ2) is 7.18. The molecule has 3 rings (SSSR count). The molecule has 2 N–H and O–H groups in total. The van der Waals surface area contributed by atoms with Crippen LogP contribution in [-0.2, 0) is 0 Å². The number of aliphatic hydroxyl groups is 1. The summed E-state index contributed by atoms with van der Waals surface area (Å²) in [6.07, 6.45) is 5.09. The van der Waals surface area contributed by atoms with Crippen molar-refractivity contribution >= 4 is 29.1 Å². The first-order valence-electron chi connectivity index (χ1n) is 7.20. The lowest BCUT2D eigenvalue weighted by Crippen LogP contribution is -1.99. The minimum atomic E-state index is -0.502. The number of carbonyl (C=O) groups is 2. The molecule has 1 aromatic carbocycles. The number of carbonyl (C=O) groups excluding carboxylic acids is 2. The normalized spacial score (nSPS) is 11.5. The van der Waals surface area contributed by atoms with Crippen molar-refractivity contribution in [2.24, 2.45) is 0 Å². The van der Waals surface area contributed by atoms with Gasteiger partial charge in [-0.25, -0.2) is 4.98 Å². The van der Waals surface area contributed by atoms with Crippen molar-refractivity contribution in [1.82, 2.24) is 15.2 Å². The Morgan fingerprint density at radius 1 is 1.24 bits per heavy atom. The Kier molecular flexibility index (Phi) is 4.80. The van der Waals surface area contributed by atoms with Crippen molar-refractivity contribution in [3.63, 3.8) is 0 Å². The van der Waals surface area contributed by atoms with E-state index in [9.17, 15) is 14.7 Å². The number of nitrogens with zero attached hydrogens (tertiary/aromatic N) is 2. The molecule has 25 heavy (non-hydrogen) atoms. The van der Waals surface area contributed by atoms with E-state index in [1.54, 1.807) is 24.3 Å². The van der Waals surface area contributed by atoms with Crippen molar-refractivity contribution in [2.75, 3.05) is 0 Å². The molecular formula is C17H13N3O4S. The molecule has 3 aromatic rings. The van der Waals surface area contributed by atoms with Crippen LogP contribution in [0.4, 0.5) is 0 Å². The number of ketones is 2. The maximum Gasteiger partial charge on any atom is 0.226 e. The number of benzene rings is 1. The van der Waals surface area contributed by atoms with Crippen LogP contribution in [0.3, 0.4) is 0 Å². The van der Waals surface area contributed by atoms with E-state index in [2.05, 4.69) is 15.2 Å². The largest absolute Gasteiger partial charge is 0.507 e. The Bertz CT molecular complexity index is 927. The third-order valence-corrected chi connectivity index (χ3v) is 4.35. The first-order valence-corrected chi connectivity index (χ1v) is 8.02. The molecule has 7 nitrogen and oxygen atoms in total. The van der Waals surface area contributed by atoms with Gasteiger partial charge in [-0.2, -0.15) is 5.10 Å². The number of hydrogen-bond acceptors (Lipinski definition) is 7. The summed E-state index contributed by atoms with van der Waals surface area (Å²) in [5.74, 6) is -0.716. The fourth-order valence-corrected chi connectivity index (χ4v) is 2.92. The van der Waals surface area contributed by atoms with Gasteiger partial charge in [0.05, 0.1) is 10.5 Å². The summed E-state index contributed by atoms with van der Waals surface area (Å²) < 4.78 is 5.15. The number of furan rings is 1. The third kappa shape index (κ3) is 3.86. The highest BCUT2D eigenvalue weighted by Gasteiger charge is 2.14. The van der Waals surface area contributed by atoms with Crippen molar-refractivity contribution in [2.45, 2.75) is 16.7 Å². The summed E-state index contributed by atoms with van der Waals surface area (Å²) in [5, 5.41) is 16.2. The van der Waals surface area contributed by atoms with Gasteiger partial charge < -0.3 is 9.52 Å². The Morgan fingerprint density at radius 3 is 2.64 bits per heavy atom. The quantitative estimate of drug-likeness (QED) is 0.395. The highest BCUT2D eigenvalue weighted by molar-refractivity contribution is 7.99. The van der Waals surface area contributed by atoms with Gasteiger partial charge in [-0.3, -0.25) is 14.7 Å². The molecule has 126 valence electrons. The maximum absolute atomic E-state index is 11.9. The summed E-state index contributed by atoms with van der Waals surface area (Å²) in [5.41, 5.74) is 1.01. The Balaban J connectivity index is 1.80. The second-order valence-electron chi connectivity index (χ2n) is 5.06. The van der Waals surface area contributed by atoms with Gasteiger partial charge in [0.25, 0.3) is 0 Å². The first kappa shape index (κ1) is 16.7. The van der Waals surface area contributed by atoms with Crippen LogP contribution < -0.4 is 0 Å². The van der Waals surface area contributed by atoms with Crippen molar-refractivity contribution in [3.05, 3.63) is 66.1 Å². The van der Waals surface area contributed by atoms with Crippen molar-refractivity contribution in [1.29, 1.82) is 0 Å². The zero-order valence-corrected chi connectivity index (χ0v) is 13.9. The van der Waals surface area contributed by atoms with Crippen LogP contribution in [0.15, 0.2) is 63.4 Å². The van der Waals surface area contributed by atoms with Crippen LogP contribution >= 0.6 is 11.8 Å². The first-order chi connectivity index (χ1) is 12.0. The zero-order valence-electron chi connectivity index (χ0n) is 13.1. The van der Waals surface area contributed by atoms with Gasteiger partial charge in [-0.15, -0.1) is 0 Å². The molecule has 2 aromatic heterocycles.